The van der Waals surface area contributed by atoms with Crippen LogP contribution in [0.25, 0.3) is 0 Å². The smallest absolute Gasteiger partial charge is 0.306 e. The van der Waals surface area contributed by atoms with Gasteiger partial charge >= 0.3 is 5.97 Å². The van der Waals surface area contributed by atoms with Crippen LogP contribution in [0.5, 0.6) is 0 Å². The molecule has 6 nitrogen and oxygen atoms in total. The van der Waals surface area contributed by atoms with Crippen LogP contribution in [0.3, 0.4) is 0 Å². The first-order valence-corrected chi connectivity index (χ1v) is 14.7. The number of halogens is 3. The number of nitrogens with zero attached hydrogens (tertiary/aromatic N) is 1. The standard InChI is InChI=1S/C32H26Cl3NO5/c33-20-15-13-19(14-16-20)25(37)18-41-26(38)12-2-1-7-17-36-29(39)27-28(30(36)40)32(35)22-9-4-3-8-21(22)31(27,34)23-10-5-6-11-24(23)32/h3-6,8-11,13-16,27-28H,1-2,7,12,17-18H2/t27-,28-,31?,32?/m1/s1. The first-order valence-electron chi connectivity index (χ1n) is 13.6. The first kappa shape index (κ1) is 28.0. The summed E-state index contributed by atoms with van der Waals surface area (Å²) in [6.07, 6.45) is 1.72. The summed E-state index contributed by atoms with van der Waals surface area (Å²) in [5, 5.41) is 0.515. The number of carbonyl (C=O) groups excluding carboxylic acids is 4. The highest BCUT2D eigenvalue weighted by Gasteiger charge is 2.72. The maximum atomic E-state index is 13.8. The van der Waals surface area contributed by atoms with Gasteiger partial charge in [0.25, 0.3) is 0 Å². The molecule has 210 valence electrons. The lowest BCUT2D eigenvalue weighted by molar-refractivity contribution is -0.143. The lowest BCUT2D eigenvalue weighted by Gasteiger charge is -2.54. The second-order valence-electron chi connectivity index (χ2n) is 10.7. The Hall–Kier alpha value is -3.19. The molecule has 0 N–H and O–H groups in total. The summed E-state index contributed by atoms with van der Waals surface area (Å²) in [6, 6.07) is 21.4. The predicted octanol–water partition coefficient (Wildman–Crippen LogP) is 6.22. The van der Waals surface area contributed by atoms with E-state index < -0.39 is 27.6 Å². The number of hydrogen-bond donors (Lipinski definition) is 0. The zero-order valence-corrected chi connectivity index (χ0v) is 24.2. The number of Topliss-reactive ketones (excluding diaryl/α,β-unsaturated/α-hetero) is 1. The summed E-state index contributed by atoms with van der Waals surface area (Å²) in [6.45, 7) is -0.132. The van der Waals surface area contributed by atoms with Gasteiger partial charge in [-0.2, -0.15) is 0 Å². The highest BCUT2D eigenvalue weighted by atomic mass is 35.5. The number of ether oxygens (including phenoxy) is 1. The van der Waals surface area contributed by atoms with Crippen LogP contribution in [0.15, 0.2) is 72.8 Å². The summed E-state index contributed by atoms with van der Waals surface area (Å²) in [7, 11) is 0. The molecule has 1 fully saturated rings. The number of carbonyl (C=O) groups is 4. The molecule has 3 aliphatic carbocycles. The van der Waals surface area contributed by atoms with Crippen molar-refractivity contribution in [2.75, 3.05) is 13.2 Å². The molecule has 41 heavy (non-hydrogen) atoms. The van der Waals surface area contributed by atoms with E-state index in [1.165, 1.54) is 4.90 Å². The van der Waals surface area contributed by atoms with Crippen molar-refractivity contribution in [3.63, 3.8) is 0 Å². The van der Waals surface area contributed by atoms with Crippen molar-refractivity contribution in [2.45, 2.75) is 35.4 Å². The Labute approximate surface area is 252 Å². The number of ketones is 1. The number of unbranched alkanes of at least 4 members (excludes halogenated alkanes) is 2. The Morgan fingerprint density at radius 2 is 1.22 bits per heavy atom. The average Bonchev–Trinajstić information content (AvgIpc) is 3.25. The van der Waals surface area contributed by atoms with E-state index in [0.717, 1.165) is 22.3 Å². The minimum absolute atomic E-state index is 0.126. The largest absolute Gasteiger partial charge is 0.457 e. The lowest BCUT2D eigenvalue weighted by Crippen LogP contribution is -2.57. The monoisotopic (exact) mass is 609 g/mol. The number of hydrogen-bond acceptors (Lipinski definition) is 5. The molecule has 9 heteroatoms. The molecule has 3 aromatic rings. The van der Waals surface area contributed by atoms with Crippen molar-refractivity contribution in [3.05, 3.63) is 106 Å². The van der Waals surface area contributed by atoms with Gasteiger partial charge in [-0.3, -0.25) is 24.1 Å². The number of amides is 2. The molecule has 7 rings (SSSR count). The molecule has 0 saturated carbocycles. The number of rotatable bonds is 9. The van der Waals surface area contributed by atoms with E-state index in [1.807, 2.05) is 48.5 Å². The fourth-order valence-corrected chi connectivity index (χ4v) is 7.82. The molecule has 0 aromatic heterocycles. The minimum Gasteiger partial charge on any atom is -0.457 e. The summed E-state index contributed by atoms with van der Waals surface area (Å²) in [5.74, 6) is -3.05. The van der Waals surface area contributed by atoms with Gasteiger partial charge in [-0.05, 0) is 59.4 Å². The molecule has 2 atom stereocenters. The predicted molar refractivity (Wildman–Crippen MR) is 155 cm³/mol. The fourth-order valence-electron chi connectivity index (χ4n) is 6.60. The van der Waals surface area contributed by atoms with Crippen LogP contribution in [-0.4, -0.2) is 41.6 Å². The molecule has 0 unspecified atom stereocenters. The summed E-state index contributed by atoms with van der Waals surface area (Å²) < 4.78 is 5.11. The summed E-state index contributed by atoms with van der Waals surface area (Å²) >= 11 is 20.7. The molecule has 0 radical (unpaired) electrons. The van der Waals surface area contributed by atoms with Crippen LogP contribution in [0, 0.1) is 11.8 Å². The minimum atomic E-state index is -1.19. The zero-order chi connectivity index (χ0) is 28.9. The SMILES string of the molecule is O=C(CCCCCN1C(=O)[C@H]2[C@H](C1=O)C1(Cl)c3ccccc3C2(Cl)c2ccccc21)OCC(=O)c1ccc(Cl)cc1. The van der Waals surface area contributed by atoms with Crippen molar-refractivity contribution in [3.8, 4) is 0 Å². The van der Waals surface area contributed by atoms with Crippen molar-refractivity contribution < 1.29 is 23.9 Å². The van der Waals surface area contributed by atoms with E-state index in [0.29, 0.717) is 29.8 Å². The van der Waals surface area contributed by atoms with Gasteiger partial charge in [-0.15, -0.1) is 23.2 Å². The van der Waals surface area contributed by atoms with Crippen LogP contribution >= 0.6 is 34.8 Å². The van der Waals surface area contributed by atoms with E-state index >= 15 is 0 Å². The number of imide groups is 1. The fraction of sp³-hybridized carbons (Fsp3) is 0.312. The molecule has 2 bridgehead atoms. The number of likely N-dealkylation sites (tertiary alicyclic amines) is 1. The van der Waals surface area contributed by atoms with Crippen LogP contribution < -0.4 is 0 Å². The van der Waals surface area contributed by atoms with Crippen molar-refractivity contribution in [1.29, 1.82) is 0 Å². The van der Waals surface area contributed by atoms with Crippen LogP contribution in [-0.2, 0) is 28.9 Å². The van der Waals surface area contributed by atoms with Crippen molar-refractivity contribution >= 4 is 58.4 Å². The van der Waals surface area contributed by atoms with Gasteiger partial charge in [0.05, 0.1) is 11.8 Å². The number of esters is 1. The third-order valence-electron chi connectivity index (χ3n) is 8.47. The van der Waals surface area contributed by atoms with Crippen molar-refractivity contribution in [2.24, 2.45) is 11.8 Å². The molecule has 4 aliphatic rings. The van der Waals surface area contributed by atoms with Gasteiger partial charge < -0.3 is 4.74 Å². The Bertz CT molecular complexity index is 1450. The third-order valence-corrected chi connectivity index (χ3v) is 10.0. The molecule has 1 saturated heterocycles. The highest BCUT2D eigenvalue weighted by molar-refractivity contribution is 6.36. The summed E-state index contributed by atoms with van der Waals surface area (Å²) in [5.41, 5.74) is 3.50. The third kappa shape index (κ3) is 4.30. The Morgan fingerprint density at radius 3 is 1.71 bits per heavy atom. The number of benzene rings is 3. The number of alkyl halides is 2. The van der Waals surface area contributed by atoms with Crippen molar-refractivity contribution in [1.82, 2.24) is 4.90 Å². The van der Waals surface area contributed by atoms with E-state index in [1.54, 1.807) is 24.3 Å². The summed E-state index contributed by atoms with van der Waals surface area (Å²) in [4.78, 5) is 50.9. The van der Waals surface area contributed by atoms with Gasteiger partial charge in [0.15, 0.2) is 12.4 Å². The first-order chi connectivity index (χ1) is 19.7. The zero-order valence-electron chi connectivity index (χ0n) is 21.9. The molecule has 2 amide bonds. The normalized spacial score (nSPS) is 25.5. The van der Waals surface area contributed by atoms with Gasteiger partial charge in [0.2, 0.25) is 11.8 Å². The highest BCUT2D eigenvalue weighted by Crippen LogP contribution is 2.69. The van der Waals surface area contributed by atoms with Gasteiger partial charge in [0.1, 0.15) is 9.75 Å². The molecule has 0 spiro atoms. The molecule has 3 aromatic carbocycles. The quantitative estimate of drug-likeness (QED) is 0.0945. The van der Waals surface area contributed by atoms with Crippen LogP contribution in [0.4, 0.5) is 0 Å². The second kappa shape index (κ2) is 10.6. The van der Waals surface area contributed by atoms with E-state index in [9.17, 15) is 19.2 Å². The van der Waals surface area contributed by atoms with E-state index in [4.69, 9.17) is 39.5 Å². The topological polar surface area (TPSA) is 80.8 Å². The average molecular weight is 611 g/mol. The molecule has 1 heterocycles. The maximum absolute atomic E-state index is 13.8. The maximum Gasteiger partial charge on any atom is 0.306 e. The molecular weight excluding hydrogens is 585 g/mol. The van der Waals surface area contributed by atoms with Gasteiger partial charge in [-0.1, -0.05) is 66.6 Å². The molecular formula is C32H26Cl3NO5. The Kier molecular flexibility index (Phi) is 7.21. The van der Waals surface area contributed by atoms with Crippen LogP contribution in [0.2, 0.25) is 5.02 Å². The van der Waals surface area contributed by atoms with Gasteiger partial charge in [0, 0.05) is 23.6 Å². The molecule has 1 aliphatic heterocycles. The lowest BCUT2D eigenvalue weighted by atomic mass is 9.54. The second-order valence-corrected chi connectivity index (χ2v) is 12.3. The van der Waals surface area contributed by atoms with E-state index in [2.05, 4.69) is 0 Å². The van der Waals surface area contributed by atoms with E-state index in [-0.39, 0.29) is 37.2 Å². The Balaban J connectivity index is 1.08. The Morgan fingerprint density at radius 1 is 0.732 bits per heavy atom. The van der Waals surface area contributed by atoms with Gasteiger partial charge in [-0.25, -0.2) is 0 Å². The van der Waals surface area contributed by atoms with Crippen LogP contribution in [0.1, 0.15) is 58.3 Å².